The van der Waals surface area contributed by atoms with Crippen LogP contribution in [0, 0.1) is 5.41 Å². The number of hydrogen-bond acceptors (Lipinski definition) is 4. The summed E-state index contributed by atoms with van der Waals surface area (Å²) in [4.78, 5) is 16.5. The van der Waals surface area contributed by atoms with Gasteiger partial charge in [0, 0.05) is 37.0 Å². The summed E-state index contributed by atoms with van der Waals surface area (Å²) >= 11 is 0. The highest BCUT2D eigenvalue weighted by Crippen LogP contribution is 2.16. The van der Waals surface area contributed by atoms with Gasteiger partial charge >= 0.3 is 0 Å². The molecule has 0 bridgehead atoms. The van der Waals surface area contributed by atoms with Gasteiger partial charge in [0.2, 0.25) is 5.91 Å². The molecule has 1 heterocycles. The second-order valence-corrected chi connectivity index (χ2v) is 6.87. The number of hydrogen-bond donors (Lipinski definition) is 3. The molecule has 1 rings (SSSR count). The fraction of sp³-hybridized carbons (Fsp3) is 0.722. The molecule has 0 radical (unpaired) electrons. The van der Waals surface area contributed by atoms with E-state index >= 15 is 0 Å². The Balaban J connectivity index is 2.60. The van der Waals surface area contributed by atoms with Gasteiger partial charge in [-0.05, 0) is 13.3 Å². The highest BCUT2D eigenvalue weighted by atomic mass is 16.5. The largest absolute Gasteiger partial charge is 0.361 e. The monoisotopic (exact) mass is 351 g/mol. The van der Waals surface area contributed by atoms with Crippen LogP contribution in [-0.4, -0.2) is 36.7 Å². The summed E-state index contributed by atoms with van der Waals surface area (Å²) in [5, 5.41) is 13.5. The van der Waals surface area contributed by atoms with Gasteiger partial charge in [-0.1, -0.05) is 39.8 Å². The van der Waals surface area contributed by atoms with E-state index in [2.05, 4.69) is 39.9 Å². The quantitative estimate of drug-likeness (QED) is 0.379. The molecular formula is C18H33N5O2. The topological polar surface area (TPSA) is 91.6 Å². The summed E-state index contributed by atoms with van der Waals surface area (Å²) in [6.45, 7) is 14.3. The zero-order valence-electron chi connectivity index (χ0n) is 16.5. The maximum absolute atomic E-state index is 11.9. The molecule has 0 aliphatic rings. The maximum Gasteiger partial charge on any atom is 0.225 e. The molecule has 1 amide bonds. The van der Waals surface area contributed by atoms with E-state index in [0.717, 1.165) is 42.4 Å². The summed E-state index contributed by atoms with van der Waals surface area (Å²) in [5.74, 6) is 1.66. The zero-order chi connectivity index (χ0) is 18.9. The first kappa shape index (κ1) is 21.0. The van der Waals surface area contributed by atoms with Crippen molar-refractivity contribution in [3.8, 4) is 0 Å². The first-order valence-corrected chi connectivity index (χ1v) is 9.10. The van der Waals surface area contributed by atoms with Gasteiger partial charge in [-0.25, -0.2) is 4.99 Å². The van der Waals surface area contributed by atoms with Crippen LogP contribution in [0.2, 0.25) is 0 Å². The molecule has 0 spiro atoms. The fourth-order valence-electron chi connectivity index (χ4n) is 2.24. The minimum Gasteiger partial charge on any atom is -0.361 e. The second kappa shape index (κ2) is 10.1. The van der Waals surface area contributed by atoms with E-state index in [1.165, 1.54) is 0 Å². The molecule has 0 aliphatic heterocycles. The van der Waals surface area contributed by atoms with E-state index < -0.39 is 0 Å². The fourth-order valence-corrected chi connectivity index (χ4v) is 2.24. The molecule has 1 aromatic rings. The Morgan fingerprint density at radius 2 is 1.76 bits per heavy atom. The number of rotatable bonds is 8. The zero-order valence-corrected chi connectivity index (χ0v) is 16.5. The number of aryl methyl sites for hydroxylation is 2. The van der Waals surface area contributed by atoms with Crippen LogP contribution in [-0.2, 0) is 24.2 Å². The van der Waals surface area contributed by atoms with Crippen molar-refractivity contribution in [2.45, 2.75) is 60.9 Å². The molecule has 0 saturated carbocycles. The van der Waals surface area contributed by atoms with Crippen molar-refractivity contribution >= 4 is 11.9 Å². The molecular weight excluding hydrogens is 318 g/mol. The maximum atomic E-state index is 11.9. The van der Waals surface area contributed by atoms with Crippen LogP contribution < -0.4 is 16.0 Å². The van der Waals surface area contributed by atoms with Gasteiger partial charge in [0.15, 0.2) is 5.96 Å². The highest BCUT2D eigenvalue weighted by molar-refractivity contribution is 5.81. The van der Waals surface area contributed by atoms with Crippen LogP contribution in [0.4, 0.5) is 0 Å². The molecule has 142 valence electrons. The molecule has 7 nitrogen and oxygen atoms in total. The highest BCUT2D eigenvalue weighted by Gasteiger charge is 2.20. The van der Waals surface area contributed by atoms with Gasteiger partial charge in [0.25, 0.3) is 0 Å². The molecule has 25 heavy (non-hydrogen) atoms. The number of carbonyl (C=O) groups excluding carboxylic acids is 1. The lowest BCUT2D eigenvalue weighted by Gasteiger charge is -2.18. The van der Waals surface area contributed by atoms with Gasteiger partial charge in [-0.2, -0.15) is 0 Å². The number of guanidine groups is 1. The minimum atomic E-state index is -0.375. The smallest absolute Gasteiger partial charge is 0.225 e. The molecule has 0 fully saturated rings. The average Bonchev–Trinajstić information content (AvgIpc) is 2.97. The minimum absolute atomic E-state index is 0.0425. The van der Waals surface area contributed by atoms with Crippen LogP contribution in [0.3, 0.4) is 0 Å². The van der Waals surface area contributed by atoms with Crippen molar-refractivity contribution in [3.05, 3.63) is 17.0 Å². The van der Waals surface area contributed by atoms with E-state index in [1.807, 2.05) is 27.7 Å². The van der Waals surface area contributed by atoms with Crippen LogP contribution in [0.5, 0.6) is 0 Å². The van der Waals surface area contributed by atoms with Crippen molar-refractivity contribution < 1.29 is 9.32 Å². The Morgan fingerprint density at radius 1 is 1.08 bits per heavy atom. The van der Waals surface area contributed by atoms with Crippen molar-refractivity contribution in [1.82, 2.24) is 21.1 Å². The summed E-state index contributed by atoms with van der Waals surface area (Å²) < 4.78 is 5.38. The first-order valence-electron chi connectivity index (χ1n) is 9.10. The van der Waals surface area contributed by atoms with Gasteiger partial charge in [0.05, 0.1) is 12.2 Å². The molecule has 7 heteroatoms. The van der Waals surface area contributed by atoms with E-state index in [1.54, 1.807) is 0 Å². The van der Waals surface area contributed by atoms with Crippen LogP contribution >= 0.6 is 0 Å². The number of nitrogens with zero attached hydrogens (tertiary/aromatic N) is 2. The third kappa shape index (κ3) is 6.76. The number of carbonyl (C=O) groups is 1. The Morgan fingerprint density at radius 3 is 2.32 bits per heavy atom. The lowest BCUT2D eigenvalue weighted by atomic mass is 9.96. The summed E-state index contributed by atoms with van der Waals surface area (Å²) in [6, 6.07) is 0. The van der Waals surface area contributed by atoms with Gasteiger partial charge < -0.3 is 20.5 Å². The standard InChI is InChI=1S/C18H33N5O2/c1-7-14-13(15(8-2)25-23-14)12-22-17(19-9-3)21-11-10-20-16(24)18(4,5)6/h7-12H2,1-6H3,(H,20,24)(H2,19,21,22). The molecule has 0 unspecified atom stereocenters. The van der Waals surface area contributed by atoms with Crippen LogP contribution in [0.1, 0.15) is 58.6 Å². The summed E-state index contributed by atoms with van der Waals surface area (Å²) in [7, 11) is 0. The lowest BCUT2D eigenvalue weighted by molar-refractivity contribution is -0.128. The molecule has 1 aromatic heterocycles. The predicted octanol–water partition coefficient (Wildman–Crippen LogP) is 2.02. The van der Waals surface area contributed by atoms with E-state index in [-0.39, 0.29) is 11.3 Å². The van der Waals surface area contributed by atoms with Gasteiger partial charge in [0.1, 0.15) is 5.76 Å². The van der Waals surface area contributed by atoms with Crippen molar-refractivity contribution in [1.29, 1.82) is 0 Å². The molecule has 0 atom stereocenters. The predicted molar refractivity (Wildman–Crippen MR) is 101 cm³/mol. The number of amides is 1. The lowest BCUT2D eigenvalue weighted by Crippen LogP contribution is -2.43. The molecule has 0 saturated heterocycles. The van der Waals surface area contributed by atoms with E-state index in [0.29, 0.717) is 19.6 Å². The summed E-state index contributed by atoms with van der Waals surface area (Å²) in [5.41, 5.74) is 1.66. The van der Waals surface area contributed by atoms with Crippen molar-refractivity contribution in [2.75, 3.05) is 19.6 Å². The van der Waals surface area contributed by atoms with Crippen LogP contribution in [0.25, 0.3) is 0 Å². The molecule has 0 aliphatic carbocycles. The van der Waals surface area contributed by atoms with Crippen molar-refractivity contribution in [3.63, 3.8) is 0 Å². The van der Waals surface area contributed by atoms with Crippen molar-refractivity contribution in [2.24, 2.45) is 10.4 Å². The Kier molecular flexibility index (Phi) is 8.45. The summed E-state index contributed by atoms with van der Waals surface area (Å²) in [6.07, 6.45) is 1.64. The molecule has 3 N–H and O–H groups in total. The normalized spacial score (nSPS) is 12.2. The third-order valence-electron chi connectivity index (χ3n) is 3.73. The van der Waals surface area contributed by atoms with Gasteiger partial charge in [-0.3, -0.25) is 4.79 Å². The van der Waals surface area contributed by atoms with E-state index in [9.17, 15) is 4.79 Å². The number of aliphatic imine (C=N–C) groups is 1. The average molecular weight is 351 g/mol. The van der Waals surface area contributed by atoms with E-state index in [4.69, 9.17) is 4.52 Å². The Bertz CT molecular complexity index is 551. The Labute approximate surface area is 151 Å². The first-order chi connectivity index (χ1) is 11.8. The van der Waals surface area contributed by atoms with Crippen LogP contribution in [0.15, 0.2) is 9.52 Å². The number of nitrogens with one attached hydrogen (secondary N) is 3. The molecule has 0 aromatic carbocycles. The second-order valence-electron chi connectivity index (χ2n) is 6.87. The van der Waals surface area contributed by atoms with Gasteiger partial charge in [-0.15, -0.1) is 0 Å². The third-order valence-corrected chi connectivity index (χ3v) is 3.73. The SMILES string of the molecule is CCNC(=NCc1c(CC)noc1CC)NCCNC(=O)C(C)(C)C. The Hall–Kier alpha value is -2.05. The number of aromatic nitrogens is 1.